The Bertz CT molecular complexity index is 803. The van der Waals surface area contributed by atoms with Crippen LogP contribution in [0.1, 0.15) is 36.0 Å². The van der Waals surface area contributed by atoms with Crippen LogP contribution in [0.5, 0.6) is 0 Å². The first-order valence-corrected chi connectivity index (χ1v) is 8.64. The van der Waals surface area contributed by atoms with E-state index in [9.17, 15) is 14.0 Å². The van der Waals surface area contributed by atoms with Crippen molar-refractivity contribution in [3.05, 3.63) is 23.8 Å². The van der Waals surface area contributed by atoms with E-state index in [2.05, 4.69) is 20.7 Å². The Hall–Kier alpha value is -2.51. The minimum atomic E-state index is -1.11. The number of hydrogen-bond acceptors (Lipinski definition) is 4. The highest BCUT2D eigenvalue weighted by Crippen LogP contribution is 2.29. The van der Waals surface area contributed by atoms with Gasteiger partial charge in [-0.1, -0.05) is 6.42 Å². The average molecular weight is 345 g/mol. The van der Waals surface area contributed by atoms with Gasteiger partial charge in [0.15, 0.2) is 0 Å². The van der Waals surface area contributed by atoms with Crippen LogP contribution in [0.2, 0.25) is 0 Å². The first-order valence-electron chi connectivity index (χ1n) is 8.64. The van der Waals surface area contributed by atoms with Crippen molar-refractivity contribution in [2.24, 2.45) is 5.92 Å². The van der Waals surface area contributed by atoms with Gasteiger partial charge < -0.3 is 10.2 Å². The van der Waals surface area contributed by atoms with Crippen molar-refractivity contribution >= 4 is 22.8 Å². The molecule has 1 saturated carbocycles. The van der Waals surface area contributed by atoms with Crippen molar-refractivity contribution in [1.82, 2.24) is 25.6 Å². The molecule has 2 N–H and O–H groups in total. The van der Waals surface area contributed by atoms with Crippen molar-refractivity contribution in [3.8, 4) is 0 Å². The zero-order chi connectivity index (χ0) is 17.4. The number of rotatable bonds is 3. The van der Waals surface area contributed by atoms with Gasteiger partial charge in [-0.05, 0) is 31.0 Å². The van der Waals surface area contributed by atoms with E-state index in [1.54, 1.807) is 23.1 Å². The number of halogens is 1. The molecule has 0 unspecified atom stereocenters. The molecule has 0 bridgehead atoms. The molecule has 4 rings (SSSR count). The Balaban J connectivity index is 1.43. The van der Waals surface area contributed by atoms with Crippen LogP contribution in [0.15, 0.2) is 18.2 Å². The zero-order valence-corrected chi connectivity index (χ0v) is 13.7. The van der Waals surface area contributed by atoms with Gasteiger partial charge in [-0.3, -0.25) is 9.59 Å². The number of carbonyl (C=O) groups excluding carboxylic acids is 2. The first-order chi connectivity index (χ1) is 12.1. The molecule has 0 radical (unpaired) electrons. The fourth-order valence-electron chi connectivity index (χ4n) is 3.49. The molecule has 0 spiro atoms. The molecule has 7 nitrogen and oxygen atoms in total. The van der Waals surface area contributed by atoms with Gasteiger partial charge in [0.25, 0.3) is 5.91 Å². The summed E-state index contributed by atoms with van der Waals surface area (Å²) in [5, 5.41) is 13.3. The predicted octanol–water partition coefficient (Wildman–Crippen LogP) is 1.43. The van der Waals surface area contributed by atoms with E-state index in [-0.39, 0.29) is 36.7 Å². The predicted molar refractivity (Wildman–Crippen MR) is 88.6 cm³/mol. The smallest absolute Gasteiger partial charge is 0.251 e. The third-order valence-electron chi connectivity index (χ3n) is 5.08. The van der Waals surface area contributed by atoms with Crippen LogP contribution >= 0.6 is 0 Å². The van der Waals surface area contributed by atoms with Crippen LogP contribution in [0.3, 0.4) is 0 Å². The van der Waals surface area contributed by atoms with E-state index in [1.807, 2.05) is 0 Å². The molecule has 1 aromatic heterocycles. The number of aromatic nitrogens is 3. The summed E-state index contributed by atoms with van der Waals surface area (Å²) in [6, 6.07) is 4.63. The van der Waals surface area contributed by atoms with Crippen molar-refractivity contribution in [1.29, 1.82) is 0 Å². The number of likely N-dealkylation sites (tertiary alicyclic amines) is 1. The number of aromatic amines is 1. The fourth-order valence-corrected chi connectivity index (χ4v) is 3.49. The maximum Gasteiger partial charge on any atom is 0.251 e. The molecule has 2 aliphatic rings. The third-order valence-corrected chi connectivity index (χ3v) is 5.08. The number of hydrogen-bond donors (Lipinski definition) is 2. The summed E-state index contributed by atoms with van der Waals surface area (Å²) in [6.07, 6.45) is 1.96. The molecule has 2 amide bonds. The number of amides is 2. The lowest BCUT2D eigenvalue weighted by atomic mass is 9.84. The molecular formula is C17H20FN5O2. The number of nitrogens with one attached hydrogen (secondary N) is 2. The molecule has 1 aliphatic carbocycles. The van der Waals surface area contributed by atoms with Gasteiger partial charge in [0, 0.05) is 30.5 Å². The number of benzene rings is 1. The van der Waals surface area contributed by atoms with Gasteiger partial charge >= 0.3 is 0 Å². The van der Waals surface area contributed by atoms with Crippen LogP contribution in [0, 0.1) is 5.92 Å². The van der Waals surface area contributed by atoms with Gasteiger partial charge in [-0.15, -0.1) is 0 Å². The second-order valence-electron chi connectivity index (χ2n) is 6.90. The summed E-state index contributed by atoms with van der Waals surface area (Å²) in [5.74, 6) is -0.229. The molecule has 2 atom stereocenters. The minimum absolute atomic E-state index is 0.0249. The Morgan fingerprint density at radius 3 is 2.76 bits per heavy atom. The summed E-state index contributed by atoms with van der Waals surface area (Å²) in [5.41, 5.74) is 1.72. The summed E-state index contributed by atoms with van der Waals surface area (Å²) in [6.45, 7) is 0.500. The zero-order valence-electron chi connectivity index (χ0n) is 13.7. The molecule has 2 heterocycles. The summed E-state index contributed by atoms with van der Waals surface area (Å²) in [4.78, 5) is 26.4. The Morgan fingerprint density at radius 2 is 2.00 bits per heavy atom. The number of piperidine rings is 1. The molecule has 1 aliphatic heterocycles. The highest BCUT2D eigenvalue weighted by atomic mass is 19.1. The van der Waals surface area contributed by atoms with Gasteiger partial charge in [0.1, 0.15) is 17.2 Å². The topological polar surface area (TPSA) is 91.0 Å². The van der Waals surface area contributed by atoms with E-state index in [1.165, 1.54) is 0 Å². The number of nitrogens with zero attached hydrogens (tertiary/aromatic N) is 3. The third kappa shape index (κ3) is 3.20. The van der Waals surface area contributed by atoms with Crippen LogP contribution in [-0.2, 0) is 4.79 Å². The molecule has 25 heavy (non-hydrogen) atoms. The Kier molecular flexibility index (Phi) is 4.10. The van der Waals surface area contributed by atoms with Crippen molar-refractivity contribution < 1.29 is 14.0 Å². The van der Waals surface area contributed by atoms with Crippen LogP contribution in [-0.4, -0.2) is 57.4 Å². The monoisotopic (exact) mass is 345 g/mol. The molecule has 1 saturated heterocycles. The van der Waals surface area contributed by atoms with E-state index in [0.717, 1.165) is 19.3 Å². The van der Waals surface area contributed by atoms with Gasteiger partial charge in [-0.2, -0.15) is 15.4 Å². The SMILES string of the molecule is O=C(N[C@H]1C[C@@H](F)CN(C(=O)C2CCC2)C1)c1ccc2n[nH]nc2c1. The van der Waals surface area contributed by atoms with Crippen molar-refractivity contribution in [2.45, 2.75) is 37.9 Å². The number of fused-ring (bicyclic) bond motifs is 1. The van der Waals surface area contributed by atoms with Gasteiger partial charge in [-0.25, -0.2) is 4.39 Å². The van der Waals surface area contributed by atoms with E-state index < -0.39 is 6.17 Å². The van der Waals surface area contributed by atoms with Crippen LogP contribution in [0.4, 0.5) is 4.39 Å². The highest BCUT2D eigenvalue weighted by Gasteiger charge is 2.35. The first kappa shape index (κ1) is 16.0. The van der Waals surface area contributed by atoms with Gasteiger partial charge in [0.2, 0.25) is 5.91 Å². The maximum atomic E-state index is 14.1. The quantitative estimate of drug-likeness (QED) is 0.880. The summed E-state index contributed by atoms with van der Waals surface area (Å²) < 4.78 is 14.1. The molecule has 8 heteroatoms. The molecular weight excluding hydrogens is 325 g/mol. The van der Waals surface area contributed by atoms with Gasteiger partial charge in [0.05, 0.1) is 6.54 Å². The largest absolute Gasteiger partial charge is 0.347 e. The standard InChI is InChI=1S/C17H20FN5O2/c18-12-7-13(9-23(8-12)17(25)10-2-1-3-10)19-16(24)11-4-5-14-15(6-11)21-22-20-14/h4-6,10,12-13H,1-3,7-9H2,(H,19,24)(H,20,21,22)/t12-,13+/m1/s1. The lowest BCUT2D eigenvalue weighted by molar-refractivity contribution is -0.140. The number of alkyl halides is 1. The molecule has 132 valence electrons. The minimum Gasteiger partial charge on any atom is -0.347 e. The molecule has 1 aromatic carbocycles. The van der Waals surface area contributed by atoms with Crippen LogP contribution < -0.4 is 5.32 Å². The highest BCUT2D eigenvalue weighted by molar-refractivity contribution is 5.97. The normalized spacial score (nSPS) is 24.1. The van der Waals surface area contributed by atoms with Crippen molar-refractivity contribution in [3.63, 3.8) is 0 Å². The number of H-pyrrole nitrogens is 1. The lowest BCUT2D eigenvalue weighted by Gasteiger charge is -2.38. The van der Waals surface area contributed by atoms with E-state index >= 15 is 0 Å². The Morgan fingerprint density at radius 1 is 1.20 bits per heavy atom. The summed E-state index contributed by atoms with van der Waals surface area (Å²) in [7, 11) is 0. The molecule has 2 fully saturated rings. The lowest BCUT2D eigenvalue weighted by Crippen LogP contribution is -2.55. The molecule has 2 aromatic rings. The van der Waals surface area contributed by atoms with E-state index in [4.69, 9.17) is 0 Å². The Labute approximate surface area is 143 Å². The number of carbonyl (C=O) groups is 2. The fraction of sp³-hybridized carbons (Fsp3) is 0.529. The van der Waals surface area contributed by atoms with E-state index in [0.29, 0.717) is 23.1 Å². The summed E-state index contributed by atoms with van der Waals surface area (Å²) >= 11 is 0. The maximum absolute atomic E-state index is 14.1. The van der Waals surface area contributed by atoms with Crippen molar-refractivity contribution in [2.75, 3.05) is 13.1 Å². The second-order valence-corrected chi connectivity index (χ2v) is 6.90. The van der Waals surface area contributed by atoms with Crippen LogP contribution in [0.25, 0.3) is 11.0 Å². The average Bonchev–Trinajstić information content (AvgIpc) is 3.00. The second kappa shape index (κ2) is 6.42.